The Kier molecular flexibility index (Phi) is 4.02. The Labute approximate surface area is 120 Å². The first-order valence-corrected chi connectivity index (χ1v) is 7.43. The quantitative estimate of drug-likeness (QED) is 0.583. The Balaban J connectivity index is 2.64. The van der Waals surface area contributed by atoms with E-state index in [9.17, 15) is 18.5 Å². The molecule has 2 rings (SSSR count). The molecule has 1 heterocycles. The summed E-state index contributed by atoms with van der Waals surface area (Å²) in [5.74, 6) is 0.545. The Morgan fingerprint density at radius 2 is 2.10 bits per heavy atom. The number of sulfonamides is 1. The van der Waals surface area contributed by atoms with Crippen molar-refractivity contribution in [1.29, 1.82) is 0 Å². The van der Waals surface area contributed by atoms with E-state index in [4.69, 9.17) is 10.9 Å². The summed E-state index contributed by atoms with van der Waals surface area (Å²) in [4.78, 5) is 14.3. The molecule has 0 atom stereocenters. The number of benzene rings is 1. The monoisotopic (exact) mass is 311 g/mol. The highest BCUT2D eigenvalue weighted by molar-refractivity contribution is 7.89. The van der Waals surface area contributed by atoms with Gasteiger partial charge < -0.3 is 5.73 Å². The summed E-state index contributed by atoms with van der Waals surface area (Å²) < 4.78 is 24.1. The summed E-state index contributed by atoms with van der Waals surface area (Å²) in [7, 11) is -4.01. The molecule has 21 heavy (non-hydrogen) atoms. The lowest BCUT2D eigenvalue weighted by Gasteiger charge is -2.09. The van der Waals surface area contributed by atoms with E-state index >= 15 is 0 Å². The number of nitro groups is 1. The van der Waals surface area contributed by atoms with Gasteiger partial charge in [-0.25, -0.2) is 18.5 Å². The molecular formula is C11H13N5O4S. The van der Waals surface area contributed by atoms with Crippen LogP contribution in [-0.4, -0.2) is 29.4 Å². The fraction of sp³-hybridized carbons (Fsp3) is 0.182. The normalized spacial score (nSPS) is 11.5. The third-order valence-corrected chi connectivity index (χ3v) is 3.73. The van der Waals surface area contributed by atoms with E-state index in [1.165, 1.54) is 22.9 Å². The molecule has 2 aromatic rings. The van der Waals surface area contributed by atoms with Crippen LogP contribution in [0, 0.1) is 10.1 Å². The summed E-state index contributed by atoms with van der Waals surface area (Å²) >= 11 is 0. The molecule has 0 saturated carbocycles. The molecule has 0 spiro atoms. The molecule has 0 amide bonds. The van der Waals surface area contributed by atoms with Gasteiger partial charge in [-0.1, -0.05) is 0 Å². The van der Waals surface area contributed by atoms with Gasteiger partial charge in [0.25, 0.3) is 5.69 Å². The topological polar surface area (TPSA) is 147 Å². The van der Waals surface area contributed by atoms with Crippen molar-refractivity contribution in [3.05, 3.63) is 46.5 Å². The van der Waals surface area contributed by atoms with Crippen LogP contribution in [0.25, 0.3) is 5.69 Å². The minimum Gasteiger partial charge on any atom is -0.330 e. The van der Waals surface area contributed by atoms with Gasteiger partial charge in [0.05, 0.1) is 9.82 Å². The third-order valence-electron chi connectivity index (χ3n) is 2.82. The molecule has 0 fully saturated rings. The first-order valence-electron chi connectivity index (χ1n) is 5.88. The van der Waals surface area contributed by atoms with E-state index in [0.29, 0.717) is 18.8 Å². The van der Waals surface area contributed by atoms with Crippen LogP contribution in [0.3, 0.4) is 0 Å². The number of hydrogen-bond acceptors (Lipinski definition) is 6. The van der Waals surface area contributed by atoms with Crippen molar-refractivity contribution in [2.75, 3.05) is 6.54 Å². The average Bonchev–Trinajstić information content (AvgIpc) is 2.85. The first-order chi connectivity index (χ1) is 9.84. The second kappa shape index (κ2) is 5.60. The molecule has 0 bridgehead atoms. The molecule has 10 heteroatoms. The van der Waals surface area contributed by atoms with E-state index in [1.807, 2.05) is 0 Å². The zero-order valence-electron chi connectivity index (χ0n) is 10.8. The van der Waals surface area contributed by atoms with Crippen LogP contribution in [0.1, 0.15) is 5.82 Å². The molecule has 1 aromatic heterocycles. The molecular weight excluding hydrogens is 298 g/mol. The highest BCUT2D eigenvalue weighted by atomic mass is 32.2. The highest BCUT2D eigenvalue weighted by Crippen LogP contribution is 2.26. The van der Waals surface area contributed by atoms with Gasteiger partial charge in [-0.3, -0.25) is 14.7 Å². The summed E-state index contributed by atoms with van der Waals surface area (Å²) in [6.07, 6.45) is 3.47. The summed E-state index contributed by atoms with van der Waals surface area (Å²) in [6, 6.07) is 3.46. The van der Waals surface area contributed by atoms with Gasteiger partial charge in [0.15, 0.2) is 0 Å². The van der Waals surface area contributed by atoms with Crippen LogP contribution >= 0.6 is 0 Å². The fourth-order valence-electron chi connectivity index (χ4n) is 1.90. The average molecular weight is 311 g/mol. The van der Waals surface area contributed by atoms with Crippen molar-refractivity contribution in [3.8, 4) is 5.69 Å². The third kappa shape index (κ3) is 3.07. The zero-order valence-corrected chi connectivity index (χ0v) is 11.7. The molecule has 0 aliphatic heterocycles. The molecule has 9 nitrogen and oxygen atoms in total. The maximum absolute atomic E-state index is 11.3. The lowest BCUT2D eigenvalue weighted by molar-refractivity contribution is -0.384. The number of primary sulfonamides is 1. The first kappa shape index (κ1) is 15.1. The number of aromatic nitrogens is 2. The second-order valence-electron chi connectivity index (χ2n) is 4.20. The number of imidazole rings is 1. The van der Waals surface area contributed by atoms with Crippen LogP contribution in [0.5, 0.6) is 0 Å². The number of rotatable bonds is 5. The largest absolute Gasteiger partial charge is 0.330 e. The van der Waals surface area contributed by atoms with Gasteiger partial charge in [0.1, 0.15) is 11.5 Å². The predicted octanol–water partition coefficient (Wildman–Crippen LogP) is -0.0709. The molecule has 0 radical (unpaired) electrons. The maximum atomic E-state index is 11.3. The van der Waals surface area contributed by atoms with Crippen molar-refractivity contribution in [3.63, 3.8) is 0 Å². The lowest BCUT2D eigenvalue weighted by Crippen LogP contribution is -2.14. The number of hydrogen-bond donors (Lipinski definition) is 2. The van der Waals surface area contributed by atoms with Gasteiger partial charge >= 0.3 is 0 Å². The molecule has 4 N–H and O–H groups in total. The number of nitrogens with zero attached hydrogens (tertiary/aromatic N) is 3. The van der Waals surface area contributed by atoms with E-state index in [0.717, 1.165) is 6.07 Å². The second-order valence-corrected chi connectivity index (χ2v) is 5.77. The van der Waals surface area contributed by atoms with Gasteiger partial charge in [-0.15, -0.1) is 0 Å². The predicted molar refractivity (Wildman–Crippen MR) is 74.4 cm³/mol. The summed E-state index contributed by atoms with van der Waals surface area (Å²) in [6.45, 7) is 0.333. The Morgan fingerprint density at radius 1 is 1.38 bits per heavy atom. The maximum Gasteiger partial charge on any atom is 0.294 e. The van der Waals surface area contributed by atoms with Crippen molar-refractivity contribution < 1.29 is 13.3 Å². The minimum atomic E-state index is -4.01. The van der Waals surface area contributed by atoms with E-state index in [1.54, 1.807) is 6.20 Å². The standard InChI is InChI=1S/C11H13N5O4S/c12-4-3-11-14-5-6-15(11)9-2-1-8(21(13,19)20)7-10(9)16(17)18/h1-2,5-7H,3-4,12H2,(H2,13,19,20). The minimum absolute atomic E-state index is 0.202. The van der Waals surface area contributed by atoms with Crippen LogP contribution in [0.4, 0.5) is 5.69 Å². The molecule has 0 aliphatic carbocycles. The van der Waals surface area contributed by atoms with Crippen molar-refractivity contribution in [2.24, 2.45) is 10.9 Å². The van der Waals surface area contributed by atoms with E-state index in [-0.39, 0.29) is 16.3 Å². The van der Waals surface area contributed by atoms with Crippen molar-refractivity contribution in [2.45, 2.75) is 11.3 Å². The van der Waals surface area contributed by atoms with Crippen LogP contribution in [-0.2, 0) is 16.4 Å². The van der Waals surface area contributed by atoms with Crippen LogP contribution in [0.2, 0.25) is 0 Å². The smallest absolute Gasteiger partial charge is 0.294 e. The lowest BCUT2D eigenvalue weighted by atomic mass is 10.2. The Hall–Kier alpha value is -2.30. The Morgan fingerprint density at radius 3 is 2.67 bits per heavy atom. The van der Waals surface area contributed by atoms with E-state index < -0.39 is 14.9 Å². The molecule has 0 unspecified atom stereocenters. The zero-order chi connectivity index (χ0) is 15.6. The summed E-state index contributed by atoms with van der Waals surface area (Å²) in [5, 5.41) is 16.2. The van der Waals surface area contributed by atoms with Crippen LogP contribution in [0.15, 0.2) is 35.5 Å². The SMILES string of the molecule is NCCc1nccn1-c1ccc(S(N)(=O)=O)cc1[N+](=O)[O-]. The molecule has 112 valence electrons. The Bertz CT molecular complexity index is 784. The molecule has 1 aromatic carbocycles. The van der Waals surface area contributed by atoms with Gasteiger partial charge in [-0.2, -0.15) is 0 Å². The highest BCUT2D eigenvalue weighted by Gasteiger charge is 2.21. The van der Waals surface area contributed by atoms with Gasteiger partial charge in [0.2, 0.25) is 10.0 Å². The fourth-order valence-corrected chi connectivity index (χ4v) is 2.43. The van der Waals surface area contributed by atoms with Crippen molar-refractivity contribution in [1.82, 2.24) is 9.55 Å². The van der Waals surface area contributed by atoms with Crippen molar-refractivity contribution >= 4 is 15.7 Å². The van der Waals surface area contributed by atoms with E-state index in [2.05, 4.69) is 4.98 Å². The summed E-state index contributed by atoms with van der Waals surface area (Å²) in [5.41, 5.74) is 5.29. The van der Waals surface area contributed by atoms with Gasteiger partial charge in [-0.05, 0) is 18.7 Å². The van der Waals surface area contributed by atoms with Crippen LogP contribution < -0.4 is 10.9 Å². The molecule has 0 saturated heterocycles. The van der Waals surface area contributed by atoms with Gasteiger partial charge in [0, 0.05) is 24.9 Å². The number of nitrogens with two attached hydrogens (primary N) is 2. The molecule has 0 aliphatic rings. The number of nitro benzene ring substituents is 1.